The highest BCUT2D eigenvalue weighted by Gasteiger charge is 2.27. The van der Waals surface area contributed by atoms with Gasteiger partial charge in [-0.2, -0.15) is 13.2 Å². The summed E-state index contributed by atoms with van der Waals surface area (Å²) in [6.45, 7) is 0. The number of benzene rings is 1. The summed E-state index contributed by atoms with van der Waals surface area (Å²) < 4.78 is 60.6. The number of nitrogens with one attached hydrogen (secondary N) is 1. The van der Waals surface area contributed by atoms with Crippen molar-refractivity contribution in [2.45, 2.75) is 19.0 Å². The molecule has 0 aliphatic rings. The van der Waals surface area contributed by atoms with Gasteiger partial charge in [-0.15, -0.1) is 12.4 Å². The third kappa shape index (κ3) is 7.39. The lowest BCUT2D eigenvalue weighted by molar-refractivity contribution is -0.134. The Morgan fingerprint density at radius 1 is 1.11 bits per heavy atom. The summed E-state index contributed by atoms with van der Waals surface area (Å²) in [6, 6.07) is 8.03. The lowest BCUT2D eigenvalue weighted by Gasteiger charge is -2.08. The van der Waals surface area contributed by atoms with E-state index in [1.165, 1.54) is 12.1 Å². The molecule has 0 aromatic heterocycles. The molecule has 104 valence electrons. The summed E-state index contributed by atoms with van der Waals surface area (Å²) in [4.78, 5) is 0. The van der Waals surface area contributed by atoms with Crippen molar-refractivity contribution in [2.24, 2.45) is 0 Å². The zero-order valence-corrected chi connectivity index (χ0v) is 10.9. The fourth-order valence-electron chi connectivity index (χ4n) is 1.20. The van der Waals surface area contributed by atoms with Gasteiger partial charge in [0.05, 0.1) is 5.75 Å². The smallest absolute Gasteiger partial charge is 0.284 e. The number of alkyl halides is 3. The third-order valence-electron chi connectivity index (χ3n) is 1.92. The van der Waals surface area contributed by atoms with Crippen LogP contribution in [0.3, 0.4) is 0 Å². The predicted molar refractivity (Wildman–Crippen MR) is 66.4 cm³/mol. The van der Waals surface area contributed by atoms with Gasteiger partial charge in [0.2, 0.25) is 10.0 Å². The maximum absolute atomic E-state index is 11.8. The molecule has 0 amide bonds. The van der Waals surface area contributed by atoms with Crippen molar-refractivity contribution in [2.75, 3.05) is 10.5 Å². The Morgan fingerprint density at radius 3 is 2.17 bits per heavy atom. The second-order valence-corrected chi connectivity index (χ2v) is 5.35. The summed E-state index contributed by atoms with van der Waals surface area (Å²) >= 11 is 0. The van der Waals surface area contributed by atoms with Crippen LogP contribution >= 0.6 is 12.4 Å². The van der Waals surface area contributed by atoms with Gasteiger partial charge in [-0.25, -0.2) is 8.42 Å². The normalized spacial score (nSPS) is 11.7. The lowest BCUT2D eigenvalue weighted by Crippen LogP contribution is -2.18. The van der Waals surface area contributed by atoms with Crippen LogP contribution in [0.4, 0.5) is 18.9 Å². The van der Waals surface area contributed by atoms with E-state index in [2.05, 4.69) is 4.72 Å². The molecule has 1 rings (SSSR count). The molecule has 18 heavy (non-hydrogen) atoms. The predicted octanol–water partition coefficient (Wildman–Crippen LogP) is 3.19. The summed E-state index contributed by atoms with van der Waals surface area (Å²) in [5.74, 6) is -0.540. The largest absolute Gasteiger partial charge is 0.389 e. The lowest BCUT2D eigenvalue weighted by atomic mass is 10.3. The standard InChI is InChI=1S/C10H12F3NO2S.ClH/c11-10(12,13)7-4-8-17(15,16)14-9-5-2-1-3-6-9;/h1-3,5-6,14H,4,7-8H2;1H. The van der Waals surface area contributed by atoms with E-state index in [4.69, 9.17) is 0 Å². The highest BCUT2D eigenvalue weighted by atomic mass is 35.5. The van der Waals surface area contributed by atoms with Crippen LogP contribution in [0, 0.1) is 0 Å². The van der Waals surface area contributed by atoms with E-state index in [0.717, 1.165) is 0 Å². The van der Waals surface area contributed by atoms with E-state index in [-0.39, 0.29) is 12.4 Å². The first-order chi connectivity index (χ1) is 7.79. The molecule has 0 fully saturated rings. The first-order valence-corrected chi connectivity index (χ1v) is 6.56. The van der Waals surface area contributed by atoms with E-state index in [1.54, 1.807) is 18.2 Å². The van der Waals surface area contributed by atoms with Crippen molar-refractivity contribution in [3.63, 3.8) is 0 Å². The summed E-state index contributed by atoms with van der Waals surface area (Å²) in [5.41, 5.74) is 0.347. The van der Waals surface area contributed by atoms with Gasteiger partial charge in [-0.1, -0.05) is 18.2 Å². The number of para-hydroxylation sites is 1. The number of anilines is 1. The topological polar surface area (TPSA) is 46.2 Å². The van der Waals surface area contributed by atoms with Gasteiger partial charge >= 0.3 is 6.18 Å². The van der Waals surface area contributed by atoms with E-state index in [1.807, 2.05) is 0 Å². The van der Waals surface area contributed by atoms with Crippen LogP contribution in [0.15, 0.2) is 30.3 Å². The maximum Gasteiger partial charge on any atom is 0.389 e. The van der Waals surface area contributed by atoms with Gasteiger partial charge in [0, 0.05) is 12.1 Å². The van der Waals surface area contributed by atoms with Gasteiger partial charge in [0.25, 0.3) is 0 Å². The first-order valence-electron chi connectivity index (χ1n) is 4.91. The Kier molecular flexibility index (Phi) is 6.48. The fourth-order valence-corrected chi connectivity index (χ4v) is 2.32. The molecule has 0 aliphatic heterocycles. The molecular formula is C10H13ClF3NO2S. The molecule has 1 N–H and O–H groups in total. The van der Waals surface area contributed by atoms with Crippen molar-refractivity contribution in [3.05, 3.63) is 30.3 Å². The molecular weight excluding hydrogens is 291 g/mol. The fraction of sp³-hybridized carbons (Fsp3) is 0.400. The van der Waals surface area contributed by atoms with Crippen molar-refractivity contribution in [1.82, 2.24) is 0 Å². The summed E-state index contributed by atoms with van der Waals surface area (Å²) in [7, 11) is -3.71. The number of rotatable bonds is 5. The Hall–Kier alpha value is -0.950. The van der Waals surface area contributed by atoms with E-state index >= 15 is 0 Å². The van der Waals surface area contributed by atoms with Crippen molar-refractivity contribution in [3.8, 4) is 0 Å². The minimum Gasteiger partial charge on any atom is -0.284 e. The molecule has 1 aromatic rings. The highest BCUT2D eigenvalue weighted by Crippen LogP contribution is 2.21. The zero-order valence-electron chi connectivity index (χ0n) is 9.27. The van der Waals surface area contributed by atoms with Crippen LogP contribution in [0.5, 0.6) is 0 Å². The van der Waals surface area contributed by atoms with Crippen LogP contribution in [0.2, 0.25) is 0 Å². The monoisotopic (exact) mass is 303 g/mol. The van der Waals surface area contributed by atoms with Gasteiger partial charge in [-0.3, -0.25) is 4.72 Å². The van der Waals surface area contributed by atoms with Crippen LogP contribution in [-0.4, -0.2) is 20.3 Å². The third-order valence-corrected chi connectivity index (χ3v) is 3.29. The van der Waals surface area contributed by atoms with E-state index in [9.17, 15) is 21.6 Å². The minimum absolute atomic E-state index is 0. The van der Waals surface area contributed by atoms with Crippen molar-refractivity contribution >= 4 is 28.1 Å². The van der Waals surface area contributed by atoms with Gasteiger partial charge in [-0.05, 0) is 18.6 Å². The molecule has 0 radical (unpaired) electrons. The molecule has 8 heteroatoms. The molecule has 0 spiro atoms. The molecule has 0 saturated carbocycles. The van der Waals surface area contributed by atoms with Crippen LogP contribution in [0.25, 0.3) is 0 Å². The average molecular weight is 304 g/mol. The highest BCUT2D eigenvalue weighted by molar-refractivity contribution is 7.92. The van der Waals surface area contributed by atoms with Gasteiger partial charge in [0.15, 0.2) is 0 Å². The second kappa shape index (κ2) is 6.84. The molecule has 0 bridgehead atoms. The zero-order chi connectivity index (χ0) is 12.9. The SMILES string of the molecule is Cl.O=S(=O)(CCCC(F)(F)F)Nc1ccccc1. The van der Waals surface area contributed by atoms with Crippen molar-refractivity contribution < 1.29 is 21.6 Å². The Bertz CT molecular complexity index is 448. The Balaban J connectivity index is 0.00000289. The molecule has 0 aliphatic carbocycles. The molecule has 3 nitrogen and oxygen atoms in total. The van der Waals surface area contributed by atoms with Gasteiger partial charge in [0.1, 0.15) is 0 Å². The van der Waals surface area contributed by atoms with Crippen molar-refractivity contribution in [1.29, 1.82) is 0 Å². The quantitative estimate of drug-likeness (QED) is 0.908. The molecule has 0 unspecified atom stereocenters. The number of sulfonamides is 1. The number of hydrogen-bond acceptors (Lipinski definition) is 2. The Morgan fingerprint density at radius 2 is 1.67 bits per heavy atom. The average Bonchev–Trinajstić information content (AvgIpc) is 2.15. The first kappa shape index (κ1) is 17.1. The second-order valence-electron chi connectivity index (χ2n) is 3.51. The van der Waals surface area contributed by atoms with Crippen LogP contribution < -0.4 is 4.72 Å². The minimum atomic E-state index is -4.32. The summed E-state index contributed by atoms with van der Waals surface area (Å²) in [6.07, 6.45) is -5.85. The van der Waals surface area contributed by atoms with Gasteiger partial charge < -0.3 is 0 Å². The maximum atomic E-state index is 11.8. The van der Waals surface area contributed by atoms with Crippen LogP contribution in [-0.2, 0) is 10.0 Å². The Labute approximate surface area is 110 Å². The molecule has 0 saturated heterocycles. The number of halogens is 4. The molecule has 0 atom stereocenters. The summed E-state index contributed by atoms with van der Waals surface area (Å²) in [5, 5.41) is 0. The van der Waals surface area contributed by atoms with E-state index in [0.29, 0.717) is 5.69 Å². The molecule has 1 aromatic carbocycles. The number of hydrogen-bond donors (Lipinski definition) is 1. The van der Waals surface area contributed by atoms with Crippen LogP contribution in [0.1, 0.15) is 12.8 Å². The molecule has 0 heterocycles. The van der Waals surface area contributed by atoms with E-state index < -0.39 is 34.8 Å².